The van der Waals surface area contributed by atoms with Gasteiger partial charge in [0, 0.05) is 12.3 Å². The predicted octanol–water partition coefficient (Wildman–Crippen LogP) is 2.48. The van der Waals surface area contributed by atoms with E-state index in [1.807, 2.05) is 0 Å². The van der Waals surface area contributed by atoms with Gasteiger partial charge < -0.3 is 0 Å². The number of nitrogens with zero attached hydrogens (tertiary/aromatic N) is 3. The number of hydrogen-bond acceptors (Lipinski definition) is 6. The second-order valence-corrected chi connectivity index (χ2v) is 3.43. The highest BCUT2D eigenvalue weighted by Gasteiger charge is 2.18. The Kier molecular flexibility index (Phi) is 4.08. The Bertz CT molecular complexity index is 539. The Morgan fingerprint density at radius 3 is 2.56 bits per heavy atom. The minimum Gasteiger partial charge on any atom is -0.272 e. The molecule has 0 heterocycles. The summed E-state index contributed by atoms with van der Waals surface area (Å²) in [6.45, 7) is 5.27. The van der Waals surface area contributed by atoms with E-state index in [2.05, 4.69) is 17.1 Å². The molecule has 1 aromatic rings. The number of hydrogen-bond donors (Lipinski definition) is 1. The van der Waals surface area contributed by atoms with Crippen molar-refractivity contribution in [3.8, 4) is 0 Å². The molecule has 1 rings (SSSR count). The molecule has 0 radical (unpaired) electrons. The summed E-state index contributed by atoms with van der Waals surface area (Å²) in [4.78, 5) is 19.9. The first-order valence-corrected chi connectivity index (χ1v) is 4.79. The van der Waals surface area contributed by atoms with Crippen molar-refractivity contribution in [3.05, 3.63) is 50.6 Å². The van der Waals surface area contributed by atoms with Crippen LogP contribution in [-0.4, -0.2) is 16.1 Å². The van der Waals surface area contributed by atoms with Gasteiger partial charge in [0.05, 0.1) is 15.9 Å². The normalized spacial score (nSPS) is 10.3. The van der Waals surface area contributed by atoms with Crippen LogP contribution in [0.15, 0.2) is 35.5 Å². The summed E-state index contributed by atoms with van der Waals surface area (Å²) in [7, 11) is 0. The molecule has 0 aliphatic rings. The molecule has 0 fully saturated rings. The van der Waals surface area contributed by atoms with E-state index in [0.717, 1.165) is 12.1 Å². The average Bonchev–Trinajstić information content (AvgIpc) is 2.28. The highest BCUT2D eigenvalue weighted by Crippen LogP contribution is 2.28. The van der Waals surface area contributed by atoms with Gasteiger partial charge in [0.15, 0.2) is 0 Å². The molecule has 8 nitrogen and oxygen atoms in total. The maximum atomic E-state index is 10.8. The largest absolute Gasteiger partial charge is 0.301 e. The lowest BCUT2D eigenvalue weighted by atomic mass is 10.2. The fourth-order valence-corrected chi connectivity index (χ4v) is 1.09. The molecule has 1 N–H and O–H groups in total. The first-order chi connectivity index (χ1) is 8.41. The quantitative estimate of drug-likeness (QED) is 0.490. The van der Waals surface area contributed by atoms with Crippen molar-refractivity contribution in [2.75, 3.05) is 5.43 Å². The molecule has 0 atom stereocenters. The Morgan fingerprint density at radius 2 is 2.06 bits per heavy atom. The van der Waals surface area contributed by atoms with E-state index >= 15 is 0 Å². The summed E-state index contributed by atoms with van der Waals surface area (Å²) >= 11 is 0. The molecule has 18 heavy (non-hydrogen) atoms. The van der Waals surface area contributed by atoms with E-state index in [1.165, 1.54) is 12.3 Å². The number of non-ortho nitro benzene ring substituents is 1. The van der Waals surface area contributed by atoms with E-state index in [9.17, 15) is 20.2 Å². The molecule has 0 aliphatic heterocycles. The van der Waals surface area contributed by atoms with Crippen LogP contribution >= 0.6 is 0 Å². The van der Waals surface area contributed by atoms with Crippen LogP contribution in [0.2, 0.25) is 0 Å². The van der Waals surface area contributed by atoms with Gasteiger partial charge in [-0.15, -0.1) is 0 Å². The van der Waals surface area contributed by atoms with Gasteiger partial charge in [0.1, 0.15) is 5.69 Å². The monoisotopic (exact) mass is 250 g/mol. The summed E-state index contributed by atoms with van der Waals surface area (Å²) in [6.07, 6.45) is 1.38. The molecular formula is C10H10N4O4. The summed E-state index contributed by atoms with van der Waals surface area (Å²) in [6, 6.07) is 3.26. The second kappa shape index (κ2) is 5.53. The van der Waals surface area contributed by atoms with Crippen molar-refractivity contribution in [1.82, 2.24) is 0 Å². The molecule has 0 saturated carbocycles. The van der Waals surface area contributed by atoms with Crippen LogP contribution in [0.4, 0.5) is 17.1 Å². The third-order valence-corrected chi connectivity index (χ3v) is 1.86. The van der Waals surface area contributed by atoms with Crippen LogP contribution in [-0.2, 0) is 0 Å². The minimum atomic E-state index is -0.717. The fraction of sp³-hybridized carbons (Fsp3) is 0.100. The molecular weight excluding hydrogens is 240 g/mol. The highest BCUT2D eigenvalue weighted by molar-refractivity contribution is 5.78. The molecule has 0 saturated heterocycles. The maximum Gasteiger partial charge on any atom is 0.301 e. The van der Waals surface area contributed by atoms with E-state index in [4.69, 9.17) is 0 Å². The molecule has 0 aliphatic carbocycles. The zero-order chi connectivity index (χ0) is 13.7. The number of nitro groups is 2. The van der Waals surface area contributed by atoms with E-state index in [-0.39, 0.29) is 11.4 Å². The molecule has 0 bridgehead atoms. The van der Waals surface area contributed by atoms with Crippen LogP contribution in [0.1, 0.15) is 6.92 Å². The summed E-state index contributed by atoms with van der Waals surface area (Å²) in [5.74, 6) is 0. The number of benzene rings is 1. The lowest BCUT2D eigenvalue weighted by molar-refractivity contribution is -0.393. The fourth-order valence-electron chi connectivity index (χ4n) is 1.09. The molecule has 0 amide bonds. The van der Waals surface area contributed by atoms with Crippen LogP contribution in [0.3, 0.4) is 0 Å². The minimum absolute atomic E-state index is 0.0723. The van der Waals surface area contributed by atoms with Gasteiger partial charge in [-0.05, 0) is 18.6 Å². The van der Waals surface area contributed by atoms with Crippen molar-refractivity contribution >= 4 is 23.3 Å². The van der Waals surface area contributed by atoms with E-state index in [1.54, 1.807) is 6.92 Å². The SMILES string of the molecule is C=C(C)C=NNc1ccc([N+](=O)[O-])cc1[N+](=O)[O-]. The smallest absolute Gasteiger partial charge is 0.272 e. The third-order valence-electron chi connectivity index (χ3n) is 1.86. The first kappa shape index (κ1) is 13.3. The first-order valence-electron chi connectivity index (χ1n) is 4.79. The zero-order valence-corrected chi connectivity index (χ0v) is 9.49. The number of anilines is 1. The number of hydrazone groups is 1. The van der Waals surface area contributed by atoms with Crippen LogP contribution < -0.4 is 5.43 Å². The molecule has 1 aromatic carbocycles. The average molecular weight is 250 g/mol. The number of nitrogens with one attached hydrogen (secondary N) is 1. The highest BCUT2D eigenvalue weighted by atomic mass is 16.6. The van der Waals surface area contributed by atoms with Gasteiger partial charge in [-0.25, -0.2) is 0 Å². The Hall–Kier alpha value is -2.77. The molecule has 0 unspecified atom stereocenters. The molecule has 94 valence electrons. The van der Waals surface area contributed by atoms with Crippen LogP contribution in [0, 0.1) is 20.2 Å². The van der Waals surface area contributed by atoms with Gasteiger partial charge in [0.25, 0.3) is 5.69 Å². The lowest BCUT2D eigenvalue weighted by Gasteiger charge is -2.01. The Morgan fingerprint density at radius 1 is 1.39 bits per heavy atom. The van der Waals surface area contributed by atoms with Crippen molar-refractivity contribution in [3.63, 3.8) is 0 Å². The van der Waals surface area contributed by atoms with Gasteiger partial charge >= 0.3 is 5.69 Å². The van der Waals surface area contributed by atoms with Crippen molar-refractivity contribution < 1.29 is 9.85 Å². The summed E-state index contributed by atoms with van der Waals surface area (Å²) in [5.41, 5.74) is 2.40. The molecule has 0 spiro atoms. The summed E-state index contributed by atoms with van der Waals surface area (Å²) < 4.78 is 0. The number of nitro benzene ring substituents is 2. The topological polar surface area (TPSA) is 111 Å². The molecule has 8 heteroatoms. The Labute approximate surface area is 102 Å². The van der Waals surface area contributed by atoms with E-state index < -0.39 is 15.5 Å². The van der Waals surface area contributed by atoms with E-state index in [0.29, 0.717) is 5.57 Å². The number of rotatable bonds is 5. The van der Waals surface area contributed by atoms with Gasteiger partial charge in [-0.3, -0.25) is 25.7 Å². The Balaban J connectivity index is 3.08. The van der Waals surface area contributed by atoms with Crippen molar-refractivity contribution in [2.24, 2.45) is 5.10 Å². The van der Waals surface area contributed by atoms with Crippen LogP contribution in [0.5, 0.6) is 0 Å². The second-order valence-electron chi connectivity index (χ2n) is 3.43. The van der Waals surface area contributed by atoms with Crippen molar-refractivity contribution in [1.29, 1.82) is 0 Å². The van der Waals surface area contributed by atoms with Crippen molar-refractivity contribution in [2.45, 2.75) is 6.92 Å². The molecule has 0 aromatic heterocycles. The van der Waals surface area contributed by atoms with Gasteiger partial charge in [-0.1, -0.05) is 6.58 Å². The zero-order valence-electron chi connectivity index (χ0n) is 9.49. The summed E-state index contributed by atoms with van der Waals surface area (Å²) in [5, 5.41) is 25.0. The number of allylic oxidation sites excluding steroid dienone is 1. The van der Waals surface area contributed by atoms with Crippen LogP contribution in [0.25, 0.3) is 0 Å². The third kappa shape index (κ3) is 3.37. The standard InChI is InChI=1S/C10H10N4O4/c1-7(2)6-11-12-9-4-3-8(13(15)16)5-10(9)14(17)18/h3-6,12H,1H2,2H3. The van der Waals surface area contributed by atoms with Gasteiger partial charge in [-0.2, -0.15) is 5.10 Å². The maximum absolute atomic E-state index is 10.8. The van der Waals surface area contributed by atoms with Gasteiger partial charge in [0.2, 0.25) is 0 Å². The lowest BCUT2D eigenvalue weighted by Crippen LogP contribution is -1.98. The predicted molar refractivity (Wildman–Crippen MR) is 66.7 cm³/mol.